The van der Waals surface area contributed by atoms with Crippen LogP contribution in [0.25, 0.3) is 0 Å². The number of hydrogen-bond acceptors (Lipinski definition) is 0. The summed E-state index contributed by atoms with van der Waals surface area (Å²) in [5.74, 6) is 2.73. The molecule has 0 spiro atoms. The first-order valence-corrected chi connectivity index (χ1v) is 5.13. The number of rotatable bonds is 5. The van der Waals surface area contributed by atoms with E-state index in [4.69, 9.17) is 0 Å². The van der Waals surface area contributed by atoms with Gasteiger partial charge in [-0.3, -0.25) is 0 Å². The van der Waals surface area contributed by atoms with Gasteiger partial charge in [0.05, 0.1) is 0 Å². The summed E-state index contributed by atoms with van der Waals surface area (Å²) in [5, 5.41) is 0. The van der Waals surface area contributed by atoms with Crippen molar-refractivity contribution in [3.63, 3.8) is 0 Å². The van der Waals surface area contributed by atoms with Crippen molar-refractivity contribution in [1.29, 1.82) is 0 Å². The average molecular weight is 156 g/mol. The van der Waals surface area contributed by atoms with Gasteiger partial charge in [0.2, 0.25) is 0 Å². The van der Waals surface area contributed by atoms with Crippen LogP contribution in [0.1, 0.15) is 53.9 Å². The molecule has 0 N–H and O–H groups in total. The van der Waals surface area contributed by atoms with Crippen molar-refractivity contribution in [3.05, 3.63) is 0 Å². The van der Waals surface area contributed by atoms with E-state index >= 15 is 0 Å². The third-order valence-electron chi connectivity index (χ3n) is 2.85. The molecule has 0 saturated carbocycles. The van der Waals surface area contributed by atoms with Gasteiger partial charge in [0.15, 0.2) is 0 Å². The highest BCUT2D eigenvalue weighted by Crippen LogP contribution is 2.27. The van der Waals surface area contributed by atoms with Gasteiger partial charge >= 0.3 is 0 Å². The van der Waals surface area contributed by atoms with Gasteiger partial charge in [-0.2, -0.15) is 0 Å². The number of hydrogen-bond donors (Lipinski definition) is 0. The van der Waals surface area contributed by atoms with Crippen molar-refractivity contribution in [1.82, 2.24) is 0 Å². The lowest BCUT2D eigenvalue weighted by atomic mass is 9.80. The van der Waals surface area contributed by atoms with Crippen LogP contribution in [0, 0.1) is 17.8 Å². The lowest BCUT2D eigenvalue weighted by molar-refractivity contribution is 0.245. The molecule has 0 aliphatic heterocycles. The smallest absolute Gasteiger partial charge is 0.0366 e. The van der Waals surface area contributed by atoms with E-state index in [1.54, 1.807) is 0 Å². The Morgan fingerprint density at radius 3 is 1.82 bits per heavy atom. The Labute approximate surface area is 72.4 Å². The molecule has 0 nitrogen and oxygen atoms in total. The van der Waals surface area contributed by atoms with E-state index in [9.17, 15) is 0 Å². The minimum Gasteiger partial charge on any atom is -0.0654 e. The van der Waals surface area contributed by atoms with E-state index < -0.39 is 0 Å². The van der Waals surface area contributed by atoms with E-state index in [2.05, 4.69) is 34.6 Å². The Morgan fingerprint density at radius 1 is 1.00 bits per heavy atom. The third kappa shape index (κ3) is 3.79. The molecular weight excluding hydrogens is 132 g/mol. The molecule has 0 rings (SSSR count). The highest BCUT2D eigenvalue weighted by Gasteiger charge is 2.17. The largest absolute Gasteiger partial charge is 0.0654 e. The zero-order valence-corrected chi connectivity index (χ0v) is 8.85. The minimum absolute atomic E-state index is 0.866. The standard InChI is InChI=1S/C11H24/c1-6-8-11(9(3)4)10(5)7-2/h9-11H,6-8H2,1-5H3/t10-,11+/m0/s1. The van der Waals surface area contributed by atoms with Crippen molar-refractivity contribution in [3.8, 4) is 0 Å². The predicted octanol–water partition coefficient (Wildman–Crippen LogP) is 4.10. The third-order valence-corrected chi connectivity index (χ3v) is 2.85. The first-order valence-electron chi connectivity index (χ1n) is 5.13. The molecule has 68 valence electrons. The Kier molecular flexibility index (Phi) is 5.62. The van der Waals surface area contributed by atoms with Crippen molar-refractivity contribution < 1.29 is 0 Å². The summed E-state index contributed by atoms with van der Waals surface area (Å²) in [5.41, 5.74) is 0. The van der Waals surface area contributed by atoms with Gasteiger partial charge in [0, 0.05) is 0 Å². The van der Waals surface area contributed by atoms with E-state index in [0.29, 0.717) is 0 Å². The molecule has 0 aromatic rings. The molecule has 0 amide bonds. The molecule has 0 radical (unpaired) electrons. The molecule has 11 heavy (non-hydrogen) atoms. The first-order chi connectivity index (χ1) is 5.13. The summed E-state index contributed by atoms with van der Waals surface area (Å²) in [6.07, 6.45) is 4.09. The van der Waals surface area contributed by atoms with Crippen LogP contribution in [0.4, 0.5) is 0 Å². The molecule has 0 aliphatic carbocycles. The van der Waals surface area contributed by atoms with Crippen LogP contribution in [-0.2, 0) is 0 Å². The van der Waals surface area contributed by atoms with E-state index in [1.807, 2.05) is 0 Å². The molecule has 0 fully saturated rings. The maximum atomic E-state index is 2.39. The Balaban J connectivity index is 3.87. The zero-order valence-electron chi connectivity index (χ0n) is 8.85. The van der Waals surface area contributed by atoms with Gasteiger partial charge in [-0.05, 0) is 17.8 Å². The normalized spacial score (nSPS) is 16.9. The Bertz CT molecular complexity index is 84.0. The summed E-state index contributed by atoms with van der Waals surface area (Å²) in [7, 11) is 0. The predicted molar refractivity (Wildman–Crippen MR) is 52.7 cm³/mol. The lowest BCUT2D eigenvalue weighted by Crippen LogP contribution is -2.16. The maximum Gasteiger partial charge on any atom is -0.0366 e. The molecule has 2 atom stereocenters. The second-order valence-corrected chi connectivity index (χ2v) is 4.08. The summed E-state index contributed by atoms with van der Waals surface area (Å²) in [4.78, 5) is 0. The zero-order chi connectivity index (χ0) is 8.85. The first kappa shape index (κ1) is 11.0. The molecule has 0 bridgehead atoms. The van der Waals surface area contributed by atoms with Crippen LogP contribution in [0.5, 0.6) is 0 Å². The summed E-state index contributed by atoms with van der Waals surface area (Å²) in [6, 6.07) is 0. The maximum absolute atomic E-state index is 2.39. The molecule has 0 aromatic carbocycles. The van der Waals surface area contributed by atoms with Crippen LogP contribution >= 0.6 is 0 Å². The van der Waals surface area contributed by atoms with E-state index in [1.165, 1.54) is 19.3 Å². The quantitative estimate of drug-likeness (QED) is 0.562. The van der Waals surface area contributed by atoms with Gasteiger partial charge in [-0.25, -0.2) is 0 Å². The second-order valence-electron chi connectivity index (χ2n) is 4.08. The molecule has 0 aromatic heterocycles. The molecule has 0 unspecified atom stereocenters. The second kappa shape index (κ2) is 5.62. The topological polar surface area (TPSA) is 0 Å². The fourth-order valence-electron chi connectivity index (χ4n) is 1.91. The van der Waals surface area contributed by atoms with Gasteiger partial charge in [-0.1, -0.05) is 53.9 Å². The van der Waals surface area contributed by atoms with Crippen molar-refractivity contribution in [2.24, 2.45) is 17.8 Å². The van der Waals surface area contributed by atoms with Crippen LogP contribution in [0.15, 0.2) is 0 Å². The van der Waals surface area contributed by atoms with Gasteiger partial charge in [-0.15, -0.1) is 0 Å². The van der Waals surface area contributed by atoms with E-state index in [0.717, 1.165) is 17.8 Å². The SMILES string of the molecule is CCC[C@H](C(C)C)[C@@H](C)CC. The van der Waals surface area contributed by atoms with Crippen LogP contribution < -0.4 is 0 Å². The van der Waals surface area contributed by atoms with Crippen LogP contribution in [0.3, 0.4) is 0 Å². The Morgan fingerprint density at radius 2 is 1.55 bits per heavy atom. The van der Waals surface area contributed by atoms with Gasteiger partial charge < -0.3 is 0 Å². The summed E-state index contributed by atoms with van der Waals surface area (Å²) >= 11 is 0. The van der Waals surface area contributed by atoms with Crippen molar-refractivity contribution in [2.75, 3.05) is 0 Å². The fourth-order valence-corrected chi connectivity index (χ4v) is 1.91. The molecule has 0 aliphatic rings. The molecule has 0 heteroatoms. The van der Waals surface area contributed by atoms with Crippen molar-refractivity contribution in [2.45, 2.75) is 53.9 Å². The highest BCUT2D eigenvalue weighted by molar-refractivity contribution is 4.67. The highest BCUT2D eigenvalue weighted by atomic mass is 14.2. The Hall–Kier alpha value is 0. The fraction of sp³-hybridized carbons (Fsp3) is 1.00. The van der Waals surface area contributed by atoms with Crippen LogP contribution in [0.2, 0.25) is 0 Å². The summed E-state index contributed by atoms with van der Waals surface area (Å²) in [6.45, 7) is 11.7. The van der Waals surface area contributed by atoms with Gasteiger partial charge in [0.1, 0.15) is 0 Å². The minimum atomic E-state index is 0.866. The van der Waals surface area contributed by atoms with E-state index in [-0.39, 0.29) is 0 Å². The molecular formula is C11H24. The average Bonchev–Trinajstić information content (AvgIpc) is 1.98. The van der Waals surface area contributed by atoms with Gasteiger partial charge in [0.25, 0.3) is 0 Å². The molecule has 0 saturated heterocycles. The molecule has 0 heterocycles. The van der Waals surface area contributed by atoms with Crippen LogP contribution in [-0.4, -0.2) is 0 Å². The summed E-state index contributed by atoms with van der Waals surface area (Å²) < 4.78 is 0. The van der Waals surface area contributed by atoms with Crippen molar-refractivity contribution >= 4 is 0 Å². The monoisotopic (exact) mass is 156 g/mol. The lowest BCUT2D eigenvalue weighted by Gasteiger charge is -2.26.